The van der Waals surface area contributed by atoms with Crippen LogP contribution in [-0.2, 0) is 9.53 Å². The van der Waals surface area contributed by atoms with Gasteiger partial charge < -0.3 is 20.1 Å². The van der Waals surface area contributed by atoms with Crippen molar-refractivity contribution in [3.8, 4) is 5.75 Å². The van der Waals surface area contributed by atoms with Gasteiger partial charge in [0.05, 0.1) is 25.1 Å². The summed E-state index contributed by atoms with van der Waals surface area (Å²) in [5.41, 5.74) is 2.08. The molecule has 1 aliphatic rings. The number of nitrogens with zero attached hydrogens (tertiary/aromatic N) is 2. The summed E-state index contributed by atoms with van der Waals surface area (Å²) in [6.07, 6.45) is 1.72. The normalized spacial score (nSPS) is 14.6. The number of amides is 1. The molecular weight excluding hydrogens is 344 g/mol. The van der Waals surface area contributed by atoms with Crippen molar-refractivity contribution in [3.63, 3.8) is 0 Å². The van der Waals surface area contributed by atoms with E-state index in [9.17, 15) is 4.79 Å². The minimum atomic E-state index is -0.240. The van der Waals surface area contributed by atoms with E-state index in [1.807, 2.05) is 37.3 Å². The Bertz CT molecular complexity index is 713. The molecule has 1 aliphatic heterocycles. The first-order valence-corrected chi connectivity index (χ1v) is 9.18. The number of rotatable bonds is 8. The van der Waals surface area contributed by atoms with E-state index in [-0.39, 0.29) is 12.5 Å². The van der Waals surface area contributed by atoms with E-state index in [4.69, 9.17) is 9.47 Å². The summed E-state index contributed by atoms with van der Waals surface area (Å²) in [6, 6.07) is 11.3. The number of carbonyl (C=O) groups is 1. The van der Waals surface area contributed by atoms with Crippen LogP contribution in [0.15, 0.2) is 42.6 Å². The van der Waals surface area contributed by atoms with Crippen LogP contribution in [0, 0.1) is 6.92 Å². The Morgan fingerprint density at radius 1 is 1.19 bits per heavy atom. The Labute approximate surface area is 159 Å². The SMILES string of the molecule is Cc1ccc(OCC(=O)Nc2ccc(NCCN3CCOCC3)cn2)cc1. The van der Waals surface area contributed by atoms with Crippen molar-refractivity contribution in [2.75, 3.05) is 56.6 Å². The average molecular weight is 370 g/mol. The van der Waals surface area contributed by atoms with Gasteiger partial charge in [-0.2, -0.15) is 0 Å². The third-order valence-corrected chi connectivity index (χ3v) is 4.28. The number of benzene rings is 1. The second kappa shape index (κ2) is 9.89. The number of nitrogens with one attached hydrogen (secondary N) is 2. The molecule has 144 valence electrons. The zero-order valence-corrected chi connectivity index (χ0v) is 15.6. The molecule has 1 aromatic heterocycles. The van der Waals surface area contributed by atoms with Gasteiger partial charge in [-0.1, -0.05) is 17.7 Å². The van der Waals surface area contributed by atoms with Crippen molar-refractivity contribution in [3.05, 3.63) is 48.2 Å². The molecule has 7 heteroatoms. The fraction of sp³-hybridized carbons (Fsp3) is 0.400. The second-order valence-corrected chi connectivity index (χ2v) is 6.46. The summed E-state index contributed by atoms with van der Waals surface area (Å²) in [5, 5.41) is 6.07. The zero-order valence-electron chi connectivity index (χ0n) is 15.6. The minimum Gasteiger partial charge on any atom is -0.484 e. The number of pyridine rings is 1. The molecule has 0 radical (unpaired) electrons. The Hall–Kier alpha value is -2.64. The number of aryl methyl sites for hydroxylation is 1. The standard InChI is InChI=1S/C20H26N4O3/c1-16-2-5-18(6-3-16)27-15-20(25)23-19-7-4-17(14-22-19)21-8-9-24-10-12-26-13-11-24/h2-7,14,21H,8-13,15H2,1H3,(H,22,23,25). The van der Waals surface area contributed by atoms with Gasteiger partial charge in [0.1, 0.15) is 11.6 Å². The molecule has 1 saturated heterocycles. The van der Waals surface area contributed by atoms with Crippen LogP contribution in [-0.4, -0.2) is 61.8 Å². The van der Waals surface area contributed by atoms with Gasteiger partial charge in [-0.05, 0) is 31.2 Å². The quantitative estimate of drug-likeness (QED) is 0.742. The molecule has 7 nitrogen and oxygen atoms in total. The summed E-state index contributed by atoms with van der Waals surface area (Å²) >= 11 is 0. The molecule has 2 N–H and O–H groups in total. The first-order chi connectivity index (χ1) is 13.2. The lowest BCUT2D eigenvalue weighted by molar-refractivity contribution is -0.118. The number of ether oxygens (including phenoxy) is 2. The van der Waals surface area contributed by atoms with E-state index in [2.05, 4.69) is 20.5 Å². The maximum atomic E-state index is 12.0. The van der Waals surface area contributed by atoms with E-state index in [1.165, 1.54) is 0 Å². The Balaban J connectivity index is 1.37. The number of aromatic nitrogens is 1. The molecule has 1 aromatic carbocycles. The zero-order chi connectivity index (χ0) is 18.9. The molecule has 0 spiro atoms. The summed E-state index contributed by atoms with van der Waals surface area (Å²) in [6.45, 7) is 7.35. The monoisotopic (exact) mass is 370 g/mol. The highest BCUT2D eigenvalue weighted by atomic mass is 16.5. The van der Waals surface area contributed by atoms with E-state index in [0.717, 1.165) is 50.6 Å². The van der Waals surface area contributed by atoms with Gasteiger partial charge in [0.2, 0.25) is 0 Å². The van der Waals surface area contributed by atoms with Crippen molar-refractivity contribution in [2.45, 2.75) is 6.92 Å². The molecule has 2 aromatic rings. The van der Waals surface area contributed by atoms with E-state index >= 15 is 0 Å². The number of carbonyl (C=O) groups excluding carboxylic acids is 1. The largest absolute Gasteiger partial charge is 0.484 e. The lowest BCUT2D eigenvalue weighted by atomic mass is 10.2. The van der Waals surface area contributed by atoms with Crippen molar-refractivity contribution in [2.24, 2.45) is 0 Å². The van der Waals surface area contributed by atoms with Gasteiger partial charge in [-0.25, -0.2) is 4.98 Å². The van der Waals surface area contributed by atoms with Crippen molar-refractivity contribution < 1.29 is 14.3 Å². The van der Waals surface area contributed by atoms with Gasteiger partial charge in [0.25, 0.3) is 5.91 Å². The van der Waals surface area contributed by atoms with Crippen LogP contribution in [0.5, 0.6) is 5.75 Å². The maximum Gasteiger partial charge on any atom is 0.263 e. The highest BCUT2D eigenvalue weighted by Crippen LogP contribution is 2.12. The van der Waals surface area contributed by atoms with Crippen molar-refractivity contribution in [1.29, 1.82) is 0 Å². The van der Waals surface area contributed by atoms with Crippen LogP contribution >= 0.6 is 0 Å². The smallest absolute Gasteiger partial charge is 0.263 e. The van der Waals surface area contributed by atoms with Crippen LogP contribution in [0.3, 0.4) is 0 Å². The molecular formula is C20H26N4O3. The fourth-order valence-electron chi connectivity index (χ4n) is 2.72. The van der Waals surface area contributed by atoms with Crippen LogP contribution < -0.4 is 15.4 Å². The van der Waals surface area contributed by atoms with E-state index < -0.39 is 0 Å². The number of anilines is 2. The van der Waals surface area contributed by atoms with Crippen LogP contribution in [0.25, 0.3) is 0 Å². The summed E-state index contributed by atoms with van der Waals surface area (Å²) in [4.78, 5) is 18.6. The van der Waals surface area contributed by atoms with Gasteiger partial charge in [-0.3, -0.25) is 9.69 Å². The number of morpholine rings is 1. The lowest BCUT2D eigenvalue weighted by Crippen LogP contribution is -2.39. The molecule has 0 bridgehead atoms. The molecule has 1 fully saturated rings. The molecule has 0 aliphatic carbocycles. The number of hydrogen-bond acceptors (Lipinski definition) is 6. The molecule has 2 heterocycles. The highest BCUT2D eigenvalue weighted by molar-refractivity contribution is 5.91. The molecule has 0 unspecified atom stereocenters. The van der Waals surface area contributed by atoms with Crippen LogP contribution in [0.2, 0.25) is 0 Å². The molecule has 0 atom stereocenters. The van der Waals surface area contributed by atoms with E-state index in [0.29, 0.717) is 11.6 Å². The predicted octanol–water partition coefficient (Wildman–Crippen LogP) is 2.15. The molecule has 3 rings (SSSR count). The Kier molecular flexibility index (Phi) is 7.01. The van der Waals surface area contributed by atoms with Crippen molar-refractivity contribution in [1.82, 2.24) is 9.88 Å². The van der Waals surface area contributed by atoms with Gasteiger partial charge in [-0.15, -0.1) is 0 Å². The van der Waals surface area contributed by atoms with Gasteiger partial charge >= 0.3 is 0 Å². The second-order valence-electron chi connectivity index (χ2n) is 6.46. The van der Waals surface area contributed by atoms with E-state index in [1.54, 1.807) is 12.3 Å². The maximum absolute atomic E-state index is 12.0. The van der Waals surface area contributed by atoms with Crippen molar-refractivity contribution >= 4 is 17.4 Å². The first-order valence-electron chi connectivity index (χ1n) is 9.18. The third-order valence-electron chi connectivity index (χ3n) is 4.28. The molecule has 27 heavy (non-hydrogen) atoms. The molecule has 0 saturated carbocycles. The lowest BCUT2D eigenvalue weighted by Gasteiger charge is -2.26. The first kappa shape index (κ1) is 19.1. The number of hydrogen-bond donors (Lipinski definition) is 2. The average Bonchev–Trinajstić information content (AvgIpc) is 2.70. The minimum absolute atomic E-state index is 0.0513. The predicted molar refractivity (Wildman–Crippen MR) is 105 cm³/mol. The Morgan fingerprint density at radius 3 is 2.67 bits per heavy atom. The van der Waals surface area contributed by atoms with Crippen LogP contribution in [0.1, 0.15) is 5.56 Å². The highest BCUT2D eigenvalue weighted by Gasteiger charge is 2.09. The Morgan fingerprint density at radius 2 is 1.96 bits per heavy atom. The topological polar surface area (TPSA) is 75.7 Å². The summed E-state index contributed by atoms with van der Waals surface area (Å²) < 4.78 is 10.8. The van der Waals surface area contributed by atoms with Gasteiger partial charge in [0.15, 0.2) is 6.61 Å². The summed E-state index contributed by atoms with van der Waals surface area (Å²) in [7, 11) is 0. The fourth-order valence-corrected chi connectivity index (χ4v) is 2.72. The molecule has 1 amide bonds. The summed E-state index contributed by atoms with van der Waals surface area (Å²) in [5.74, 6) is 0.936. The third kappa shape index (κ3) is 6.54. The van der Waals surface area contributed by atoms with Crippen LogP contribution in [0.4, 0.5) is 11.5 Å². The van der Waals surface area contributed by atoms with Gasteiger partial charge in [0, 0.05) is 26.2 Å².